The van der Waals surface area contributed by atoms with Gasteiger partial charge in [-0.25, -0.2) is 4.79 Å². The van der Waals surface area contributed by atoms with Crippen molar-refractivity contribution in [2.45, 2.75) is 39.1 Å². The summed E-state index contributed by atoms with van der Waals surface area (Å²) in [4.78, 5) is 22.6. The van der Waals surface area contributed by atoms with Crippen molar-refractivity contribution in [1.29, 1.82) is 0 Å². The lowest BCUT2D eigenvalue weighted by Crippen LogP contribution is -2.30. The fraction of sp³-hybridized carbons (Fsp3) is 0.316. The molecule has 0 aliphatic rings. The van der Waals surface area contributed by atoms with Crippen molar-refractivity contribution < 1.29 is 32.4 Å². The van der Waals surface area contributed by atoms with Gasteiger partial charge in [0.1, 0.15) is 23.2 Å². The van der Waals surface area contributed by atoms with Crippen LogP contribution in [0.5, 0.6) is 11.5 Å². The second kappa shape index (κ2) is 9.21. The van der Waals surface area contributed by atoms with Crippen molar-refractivity contribution in [1.82, 2.24) is 0 Å². The number of hydrogen-bond donors (Lipinski definition) is 1. The quantitative estimate of drug-likeness (QED) is 0.328. The average molecular weight is 447 g/mol. The van der Waals surface area contributed by atoms with Crippen LogP contribution in [-0.2, 0) is 15.7 Å². The van der Waals surface area contributed by atoms with Crippen LogP contribution in [-0.4, -0.2) is 23.0 Å². The molecule has 1 atom stereocenters. The number of nitrogens with one attached hydrogen (secondary N) is 1. The highest BCUT2D eigenvalue weighted by Gasteiger charge is 2.31. The largest absolute Gasteiger partial charge is 0.461 e. The molecule has 2 aromatic carbocycles. The van der Waals surface area contributed by atoms with Crippen molar-refractivity contribution >= 4 is 28.9 Å². The van der Waals surface area contributed by atoms with E-state index in [1.807, 2.05) is 0 Å². The molecule has 0 spiro atoms. The third-order valence-corrected chi connectivity index (χ3v) is 4.02. The van der Waals surface area contributed by atoms with E-state index in [1.165, 1.54) is 19.1 Å². The number of rotatable bonds is 7. The molecule has 0 saturated heterocycles. The van der Waals surface area contributed by atoms with E-state index >= 15 is 0 Å². The average Bonchev–Trinajstić information content (AvgIpc) is 2.61. The minimum atomic E-state index is -4.56. The summed E-state index contributed by atoms with van der Waals surface area (Å²) >= 11 is 5.87. The Balaban J connectivity index is 2.29. The van der Waals surface area contributed by atoms with Crippen LogP contribution in [0.15, 0.2) is 36.4 Å². The van der Waals surface area contributed by atoms with Crippen molar-refractivity contribution in [2.75, 3.05) is 5.32 Å². The van der Waals surface area contributed by atoms with E-state index in [0.29, 0.717) is 6.07 Å². The summed E-state index contributed by atoms with van der Waals surface area (Å²) in [5, 5.41) is 13.7. The lowest BCUT2D eigenvalue weighted by Gasteiger charge is -2.17. The van der Waals surface area contributed by atoms with E-state index in [-0.39, 0.29) is 34.0 Å². The number of esters is 1. The zero-order valence-electron chi connectivity index (χ0n) is 16.1. The smallest absolute Gasteiger partial charge is 0.416 e. The predicted molar refractivity (Wildman–Crippen MR) is 104 cm³/mol. The highest BCUT2D eigenvalue weighted by atomic mass is 35.5. The summed E-state index contributed by atoms with van der Waals surface area (Å²) in [5.74, 6) is -0.623. The Hall–Kier alpha value is -3.01. The fourth-order valence-corrected chi connectivity index (χ4v) is 2.59. The van der Waals surface area contributed by atoms with E-state index in [4.69, 9.17) is 21.1 Å². The Labute approximate surface area is 174 Å². The van der Waals surface area contributed by atoms with E-state index in [1.54, 1.807) is 13.8 Å². The molecular weight excluding hydrogens is 429 g/mol. The number of carbonyl (C=O) groups excluding carboxylic acids is 1. The van der Waals surface area contributed by atoms with Crippen molar-refractivity contribution in [2.24, 2.45) is 0 Å². The SMILES string of the molecule is CC(C)OC(=O)C(C)Nc1cc(Oc2ccc(C(F)(F)F)cc2Cl)ccc1[N+](=O)[O-]. The number of hydrogen-bond acceptors (Lipinski definition) is 6. The first kappa shape index (κ1) is 23.3. The number of nitro groups is 1. The third kappa shape index (κ3) is 5.99. The maximum atomic E-state index is 12.8. The number of nitro benzene ring substituents is 1. The molecule has 0 amide bonds. The molecule has 1 unspecified atom stereocenters. The first-order chi connectivity index (χ1) is 13.9. The normalized spacial score (nSPS) is 12.4. The maximum absolute atomic E-state index is 12.8. The van der Waals surface area contributed by atoms with Crippen LogP contribution < -0.4 is 10.1 Å². The highest BCUT2D eigenvalue weighted by molar-refractivity contribution is 6.32. The minimum Gasteiger partial charge on any atom is -0.461 e. The molecule has 2 aromatic rings. The Bertz CT molecular complexity index is 950. The molecule has 0 aliphatic carbocycles. The molecule has 2 rings (SSSR count). The zero-order chi connectivity index (χ0) is 22.6. The molecule has 162 valence electrons. The third-order valence-electron chi connectivity index (χ3n) is 3.73. The Kier molecular flexibility index (Phi) is 7.14. The monoisotopic (exact) mass is 446 g/mol. The molecule has 0 fully saturated rings. The van der Waals surface area contributed by atoms with Crippen molar-refractivity contribution in [3.8, 4) is 11.5 Å². The maximum Gasteiger partial charge on any atom is 0.416 e. The number of anilines is 1. The summed E-state index contributed by atoms with van der Waals surface area (Å²) in [6, 6.07) is 5.29. The number of nitrogens with zero attached hydrogens (tertiary/aromatic N) is 1. The summed E-state index contributed by atoms with van der Waals surface area (Å²) in [6.07, 6.45) is -4.93. The van der Waals surface area contributed by atoms with Crippen LogP contribution in [0.4, 0.5) is 24.5 Å². The van der Waals surface area contributed by atoms with Gasteiger partial charge in [0.2, 0.25) is 0 Å². The number of alkyl halides is 3. The van der Waals surface area contributed by atoms with Crippen LogP contribution in [0.25, 0.3) is 0 Å². The summed E-state index contributed by atoms with van der Waals surface area (Å²) in [5.41, 5.74) is -1.30. The molecule has 7 nitrogen and oxygen atoms in total. The van der Waals surface area contributed by atoms with Gasteiger partial charge in [0, 0.05) is 12.1 Å². The van der Waals surface area contributed by atoms with Crippen LogP contribution in [0.2, 0.25) is 5.02 Å². The van der Waals surface area contributed by atoms with Crippen LogP contribution in [0, 0.1) is 10.1 Å². The molecule has 1 N–H and O–H groups in total. The number of carbonyl (C=O) groups is 1. The van der Waals surface area contributed by atoms with E-state index < -0.39 is 28.7 Å². The van der Waals surface area contributed by atoms with Crippen molar-refractivity contribution in [3.63, 3.8) is 0 Å². The molecule has 0 aliphatic heterocycles. The van der Waals surface area contributed by atoms with E-state index in [2.05, 4.69) is 5.32 Å². The number of benzene rings is 2. The zero-order valence-corrected chi connectivity index (χ0v) is 16.9. The molecule has 0 saturated carbocycles. The molecule has 11 heteroatoms. The lowest BCUT2D eigenvalue weighted by molar-refractivity contribution is -0.384. The van der Waals surface area contributed by atoms with Gasteiger partial charge < -0.3 is 14.8 Å². The van der Waals surface area contributed by atoms with Crippen LogP contribution in [0.3, 0.4) is 0 Å². The first-order valence-corrected chi connectivity index (χ1v) is 9.06. The van der Waals surface area contributed by atoms with Crippen molar-refractivity contribution in [3.05, 3.63) is 57.1 Å². The summed E-state index contributed by atoms with van der Waals surface area (Å²) in [7, 11) is 0. The van der Waals surface area contributed by atoms with Gasteiger partial charge in [-0.3, -0.25) is 10.1 Å². The lowest BCUT2D eigenvalue weighted by atomic mass is 10.2. The second-order valence-corrected chi connectivity index (χ2v) is 6.94. The van der Waals surface area contributed by atoms with Gasteiger partial charge in [-0.1, -0.05) is 11.6 Å². The molecule has 30 heavy (non-hydrogen) atoms. The van der Waals surface area contributed by atoms with Crippen LogP contribution in [0.1, 0.15) is 26.3 Å². The summed E-state index contributed by atoms with van der Waals surface area (Å²) < 4.78 is 48.8. The standard InChI is InChI=1S/C19H18ClF3N2O5/c1-10(2)29-18(26)11(3)24-15-9-13(5-6-16(15)25(27)28)30-17-7-4-12(8-14(17)20)19(21,22)23/h4-11,24H,1-3H3. The number of halogens is 4. The van der Waals surface area contributed by atoms with Gasteiger partial charge in [-0.05, 0) is 45.0 Å². The highest BCUT2D eigenvalue weighted by Crippen LogP contribution is 2.38. The fourth-order valence-electron chi connectivity index (χ4n) is 2.37. The van der Waals surface area contributed by atoms with E-state index in [0.717, 1.165) is 18.2 Å². The van der Waals surface area contributed by atoms with Gasteiger partial charge in [0.25, 0.3) is 5.69 Å². The summed E-state index contributed by atoms with van der Waals surface area (Å²) in [6.45, 7) is 4.79. The predicted octanol–water partition coefficient (Wildman–Crippen LogP) is 5.81. The molecular formula is C19H18ClF3N2O5. The molecule has 0 bridgehead atoms. The van der Waals surface area contributed by atoms with Gasteiger partial charge in [-0.15, -0.1) is 0 Å². The van der Waals surface area contributed by atoms with E-state index in [9.17, 15) is 28.1 Å². The Morgan fingerprint density at radius 1 is 1.17 bits per heavy atom. The van der Waals surface area contributed by atoms with Gasteiger partial charge in [0.15, 0.2) is 0 Å². The van der Waals surface area contributed by atoms with Gasteiger partial charge in [0.05, 0.1) is 21.6 Å². The first-order valence-electron chi connectivity index (χ1n) is 8.68. The minimum absolute atomic E-state index is 0.0336. The Morgan fingerprint density at radius 2 is 1.83 bits per heavy atom. The van der Waals surface area contributed by atoms with Gasteiger partial charge in [-0.2, -0.15) is 13.2 Å². The molecule has 0 radical (unpaired) electrons. The van der Waals surface area contributed by atoms with Gasteiger partial charge >= 0.3 is 12.1 Å². The molecule has 0 aromatic heterocycles. The number of ether oxygens (including phenoxy) is 2. The second-order valence-electron chi connectivity index (χ2n) is 6.53. The topological polar surface area (TPSA) is 90.7 Å². The Morgan fingerprint density at radius 3 is 2.37 bits per heavy atom. The molecule has 0 heterocycles. The van der Waals surface area contributed by atoms with Crippen LogP contribution >= 0.6 is 11.6 Å².